The Bertz CT molecular complexity index is 1060. The maximum absolute atomic E-state index is 13.0. The number of rotatable bonds is 8. The third-order valence-corrected chi connectivity index (χ3v) is 6.36. The first-order valence-electron chi connectivity index (χ1n) is 11.3. The van der Waals surface area contributed by atoms with Gasteiger partial charge in [-0.15, -0.1) is 0 Å². The van der Waals surface area contributed by atoms with E-state index in [4.69, 9.17) is 11.6 Å². The quantitative estimate of drug-likeness (QED) is 0.452. The van der Waals surface area contributed by atoms with Crippen LogP contribution in [-0.4, -0.2) is 72.4 Å². The van der Waals surface area contributed by atoms with Crippen molar-refractivity contribution in [2.75, 3.05) is 50.0 Å². The molecule has 0 saturated carbocycles. The Morgan fingerprint density at radius 3 is 2.50 bits per heavy atom. The monoisotopic (exact) mass is 487 g/mol. The van der Waals surface area contributed by atoms with E-state index in [9.17, 15) is 19.7 Å². The van der Waals surface area contributed by atoms with E-state index < -0.39 is 11.0 Å². The molecule has 1 fully saturated rings. The molecule has 1 heterocycles. The topological polar surface area (TPSA) is 99.0 Å². The molecule has 1 aliphatic heterocycles. The molecule has 182 valence electrons. The van der Waals surface area contributed by atoms with Crippen LogP contribution in [0.3, 0.4) is 0 Å². The zero-order valence-corrected chi connectivity index (χ0v) is 20.4. The van der Waals surface area contributed by atoms with Crippen LogP contribution in [0.4, 0.5) is 17.1 Å². The first-order chi connectivity index (χ1) is 16.2. The molecule has 34 heavy (non-hydrogen) atoms. The van der Waals surface area contributed by atoms with E-state index in [0.29, 0.717) is 36.9 Å². The number of piperazine rings is 1. The molecule has 3 rings (SSSR count). The van der Waals surface area contributed by atoms with Crippen molar-refractivity contribution in [3.63, 3.8) is 0 Å². The van der Waals surface area contributed by atoms with Crippen molar-refractivity contribution in [2.45, 2.75) is 26.3 Å². The van der Waals surface area contributed by atoms with Crippen molar-refractivity contribution in [3.05, 3.63) is 63.2 Å². The van der Waals surface area contributed by atoms with Gasteiger partial charge in [-0.2, -0.15) is 0 Å². The van der Waals surface area contributed by atoms with Crippen molar-refractivity contribution in [1.82, 2.24) is 9.80 Å². The number of halogens is 1. The van der Waals surface area contributed by atoms with Crippen LogP contribution in [0, 0.1) is 10.1 Å². The van der Waals surface area contributed by atoms with Crippen LogP contribution in [0.25, 0.3) is 0 Å². The Morgan fingerprint density at radius 2 is 1.85 bits per heavy atom. The highest BCUT2D eigenvalue weighted by Crippen LogP contribution is 2.31. The average Bonchev–Trinajstić information content (AvgIpc) is 2.83. The van der Waals surface area contributed by atoms with E-state index in [1.165, 1.54) is 11.0 Å². The van der Waals surface area contributed by atoms with Crippen molar-refractivity contribution >= 4 is 40.5 Å². The number of nitro benzene ring substituents is 1. The van der Waals surface area contributed by atoms with Gasteiger partial charge >= 0.3 is 0 Å². The van der Waals surface area contributed by atoms with Gasteiger partial charge in [0, 0.05) is 50.0 Å². The molecule has 10 heteroatoms. The molecule has 1 atom stereocenters. The van der Waals surface area contributed by atoms with Crippen molar-refractivity contribution in [3.8, 4) is 0 Å². The van der Waals surface area contributed by atoms with Gasteiger partial charge in [-0.3, -0.25) is 24.6 Å². The fourth-order valence-electron chi connectivity index (χ4n) is 4.17. The van der Waals surface area contributed by atoms with Crippen molar-refractivity contribution in [2.24, 2.45) is 0 Å². The van der Waals surface area contributed by atoms with Crippen LogP contribution < -0.4 is 10.2 Å². The summed E-state index contributed by atoms with van der Waals surface area (Å²) in [5, 5.41) is 14.6. The summed E-state index contributed by atoms with van der Waals surface area (Å²) in [4.78, 5) is 41.9. The normalized spacial score (nSPS) is 15.0. The molecule has 2 amide bonds. The van der Waals surface area contributed by atoms with Crippen molar-refractivity contribution in [1.29, 1.82) is 0 Å². The lowest BCUT2D eigenvalue weighted by molar-refractivity contribution is -0.384. The number of amides is 2. The summed E-state index contributed by atoms with van der Waals surface area (Å²) in [7, 11) is 1.62. The molecule has 2 aromatic rings. The Balaban J connectivity index is 1.55. The summed E-state index contributed by atoms with van der Waals surface area (Å²) in [6.45, 7) is 6.01. The summed E-state index contributed by atoms with van der Waals surface area (Å²) >= 11 is 5.92. The number of nitrogens with zero attached hydrogens (tertiary/aromatic N) is 4. The Morgan fingerprint density at radius 1 is 1.18 bits per heavy atom. The number of carbonyl (C=O) groups is 2. The van der Waals surface area contributed by atoms with Gasteiger partial charge in [0.05, 0.1) is 17.5 Å². The minimum atomic E-state index is -0.432. The van der Waals surface area contributed by atoms with Gasteiger partial charge in [0.15, 0.2) is 0 Å². The molecule has 1 aliphatic rings. The molecule has 9 nitrogen and oxygen atoms in total. The number of nitrogens with one attached hydrogen (secondary N) is 1. The SMILES string of the molecule is CCc1ccccc1NC(=O)CN(C)C(=O)C(C)N1CCN(c2ccc(Cl)cc2[N+](=O)[O-])CC1. The number of para-hydroxylation sites is 1. The molecular formula is C24H30ClN5O4. The van der Waals surface area contributed by atoms with E-state index in [2.05, 4.69) is 5.32 Å². The second-order valence-electron chi connectivity index (χ2n) is 8.34. The maximum Gasteiger partial charge on any atom is 0.294 e. The standard InChI is InChI=1S/C24H30ClN5O4/c1-4-18-7-5-6-8-20(18)26-23(31)16-27(3)24(32)17(2)28-11-13-29(14-12-28)21-10-9-19(25)15-22(21)30(33)34/h5-10,15,17H,4,11-14,16H2,1-3H3,(H,26,31). The zero-order valence-electron chi connectivity index (χ0n) is 19.7. The van der Waals surface area contributed by atoms with Crippen LogP contribution >= 0.6 is 11.6 Å². The van der Waals surface area contributed by atoms with Gasteiger partial charge < -0.3 is 15.1 Å². The molecule has 0 spiro atoms. The lowest BCUT2D eigenvalue weighted by Gasteiger charge is -2.39. The Hall–Kier alpha value is -3.17. The number of aryl methyl sites for hydroxylation is 1. The number of carbonyl (C=O) groups excluding carboxylic acids is 2. The highest BCUT2D eigenvalue weighted by Gasteiger charge is 2.30. The Labute approximate surface area is 204 Å². The predicted octanol–water partition coefficient (Wildman–Crippen LogP) is 3.42. The van der Waals surface area contributed by atoms with E-state index in [-0.39, 0.29) is 24.0 Å². The molecule has 0 aliphatic carbocycles. The fourth-order valence-corrected chi connectivity index (χ4v) is 4.34. The smallest absolute Gasteiger partial charge is 0.294 e. The predicted molar refractivity (Wildman–Crippen MR) is 133 cm³/mol. The second-order valence-corrected chi connectivity index (χ2v) is 8.78. The second kappa shape index (κ2) is 11.3. The molecule has 0 aromatic heterocycles. The van der Waals surface area contributed by atoms with E-state index in [1.54, 1.807) is 19.2 Å². The molecular weight excluding hydrogens is 458 g/mol. The highest BCUT2D eigenvalue weighted by atomic mass is 35.5. The van der Waals surface area contributed by atoms with Crippen molar-refractivity contribution < 1.29 is 14.5 Å². The zero-order chi connectivity index (χ0) is 24.8. The van der Waals surface area contributed by atoms with Gasteiger partial charge in [0.25, 0.3) is 5.69 Å². The molecule has 0 radical (unpaired) electrons. The van der Waals surface area contributed by atoms with E-state index in [1.807, 2.05) is 47.9 Å². The van der Waals surface area contributed by atoms with Gasteiger partial charge in [-0.05, 0) is 37.1 Å². The van der Waals surface area contributed by atoms with Crippen LogP contribution in [0.1, 0.15) is 19.4 Å². The minimum absolute atomic E-state index is 0.0273. The van der Waals surface area contributed by atoms with Gasteiger partial charge in [-0.1, -0.05) is 36.7 Å². The van der Waals surface area contributed by atoms with Gasteiger partial charge in [0.2, 0.25) is 11.8 Å². The summed E-state index contributed by atoms with van der Waals surface area (Å²) in [5.74, 6) is -0.395. The fraction of sp³-hybridized carbons (Fsp3) is 0.417. The third kappa shape index (κ3) is 6.03. The lowest BCUT2D eigenvalue weighted by atomic mass is 10.1. The summed E-state index contributed by atoms with van der Waals surface area (Å²) in [5.41, 5.74) is 2.29. The van der Waals surface area contributed by atoms with Crippen LogP contribution in [0.5, 0.6) is 0 Å². The van der Waals surface area contributed by atoms with Crippen LogP contribution in [0.15, 0.2) is 42.5 Å². The number of benzene rings is 2. The average molecular weight is 488 g/mol. The van der Waals surface area contributed by atoms with Gasteiger partial charge in [-0.25, -0.2) is 0 Å². The van der Waals surface area contributed by atoms with E-state index >= 15 is 0 Å². The molecule has 1 saturated heterocycles. The summed E-state index contributed by atoms with van der Waals surface area (Å²) in [6.07, 6.45) is 0.799. The molecule has 2 aromatic carbocycles. The number of likely N-dealkylation sites (N-methyl/N-ethyl adjacent to an activating group) is 1. The summed E-state index contributed by atoms with van der Waals surface area (Å²) in [6, 6.07) is 11.9. The largest absolute Gasteiger partial charge is 0.363 e. The molecule has 1 N–H and O–H groups in total. The lowest BCUT2D eigenvalue weighted by Crippen LogP contribution is -2.54. The molecule has 1 unspecified atom stereocenters. The maximum atomic E-state index is 13.0. The van der Waals surface area contributed by atoms with Gasteiger partial charge in [0.1, 0.15) is 5.69 Å². The highest BCUT2D eigenvalue weighted by molar-refractivity contribution is 6.30. The number of anilines is 2. The first-order valence-corrected chi connectivity index (χ1v) is 11.6. The number of hydrogen-bond acceptors (Lipinski definition) is 6. The number of nitro groups is 1. The molecule has 0 bridgehead atoms. The number of hydrogen-bond donors (Lipinski definition) is 1. The third-order valence-electron chi connectivity index (χ3n) is 6.12. The van der Waals surface area contributed by atoms with Crippen LogP contribution in [-0.2, 0) is 16.0 Å². The Kier molecular flexibility index (Phi) is 8.46. The summed E-state index contributed by atoms with van der Waals surface area (Å²) < 4.78 is 0. The van der Waals surface area contributed by atoms with Crippen LogP contribution in [0.2, 0.25) is 5.02 Å². The first kappa shape index (κ1) is 25.5. The minimum Gasteiger partial charge on any atom is -0.363 e. The van der Waals surface area contributed by atoms with E-state index in [0.717, 1.165) is 17.7 Å².